The average Bonchev–Trinajstić information content (AvgIpc) is 2.36. The topological polar surface area (TPSA) is 66.5 Å². The predicted octanol–water partition coefficient (Wildman–Crippen LogP) is -1.40. The fraction of sp³-hybridized carbons (Fsp3) is 0.875. The second kappa shape index (κ2) is 3.20. The summed E-state index contributed by atoms with van der Waals surface area (Å²) in [6.45, 7) is 2.80. The van der Waals surface area contributed by atoms with Crippen molar-refractivity contribution in [1.82, 2.24) is 10.2 Å². The third kappa shape index (κ3) is 1.64. The van der Waals surface area contributed by atoms with Crippen molar-refractivity contribution in [3.8, 4) is 0 Å². The van der Waals surface area contributed by atoms with Gasteiger partial charge in [-0.1, -0.05) is 0 Å². The number of fused-ring (bicyclic) bond motifs is 1. The molecule has 80 valence electrons. The van der Waals surface area contributed by atoms with Crippen molar-refractivity contribution in [1.29, 1.82) is 0 Å². The van der Waals surface area contributed by atoms with Gasteiger partial charge in [-0.05, 0) is 0 Å². The molecule has 0 radical (unpaired) electrons. The van der Waals surface area contributed by atoms with Gasteiger partial charge in [0.1, 0.15) is 0 Å². The third-order valence-electron chi connectivity index (χ3n) is 2.89. The van der Waals surface area contributed by atoms with Gasteiger partial charge in [-0.2, -0.15) is 0 Å². The van der Waals surface area contributed by atoms with Crippen LogP contribution in [0.15, 0.2) is 0 Å². The Morgan fingerprint density at radius 2 is 2.14 bits per heavy atom. The molecule has 0 saturated carbocycles. The van der Waals surface area contributed by atoms with Crippen molar-refractivity contribution < 1.29 is 13.2 Å². The van der Waals surface area contributed by atoms with Crippen molar-refractivity contribution >= 4 is 15.7 Å². The number of hydrogen-bond donors (Lipinski definition) is 1. The first-order valence-corrected chi connectivity index (χ1v) is 6.53. The second-order valence-electron chi connectivity index (χ2n) is 3.92. The summed E-state index contributed by atoms with van der Waals surface area (Å²) in [7, 11) is -2.95. The number of sulfone groups is 1. The summed E-state index contributed by atoms with van der Waals surface area (Å²) >= 11 is 0. The van der Waals surface area contributed by atoms with Gasteiger partial charge in [0.25, 0.3) is 0 Å². The lowest BCUT2D eigenvalue weighted by molar-refractivity contribution is -0.132. The molecule has 14 heavy (non-hydrogen) atoms. The Kier molecular flexibility index (Phi) is 2.27. The van der Waals surface area contributed by atoms with E-state index in [-0.39, 0.29) is 29.5 Å². The number of amides is 1. The summed E-state index contributed by atoms with van der Waals surface area (Å²) in [5, 5.41) is 3.15. The molecule has 2 saturated heterocycles. The lowest BCUT2D eigenvalue weighted by atomic mass is 10.1. The van der Waals surface area contributed by atoms with Gasteiger partial charge in [0.2, 0.25) is 5.91 Å². The van der Waals surface area contributed by atoms with Crippen molar-refractivity contribution in [3.63, 3.8) is 0 Å². The van der Waals surface area contributed by atoms with Crippen LogP contribution in [0.1, 0.15) is 6.92 Å². The SMILES string of the molecule is CC(=O)N1CCN[C@@H]2CS(=O)(=O)C[C@H]21. The van der Waals surface area contributed by atoms with Gasteiger partial charge < -0.3 is 10.2 Å². The first kappa shape index (κ1) is 9.92. The van der Waals surface area contributed by atoms with E-state index < -0.39 is 9.84 Å². The largest absolute Gasteiger partial charge is 0.336 e. The average molecular weight is 218 g/mol. The Morgan fingerprint density at radius 3 is 2.79 bits per heavy atom. The molecule has 0 bridgehead atoms. The van der Waals surface area contributed by atoms with Gasteiger partial charge in [-0.15, -0.1) is 0 Å². The summed E-state index contributed by atoms with van der Waals surface area (Å²) in [6.07, 6.45) is 0. The first-order chi connectivity index (χ1) is 6.49. The molecule has 0 aromatic rings. The second-order valence-corrected chi connectivity index (χ2v) is 6.07. The zero-order valence-corrected chi connectivity index (χ0v) is 8.88. The molecule has 2 atom stereocenters. The molecule has 0 aliphatic carbocycles. The standard InChI is InChI=1S/C8H14N2O3S/c1-6(11)10-3-2-9-7-4-14(12,13)5-8(7)10/h7-9H,2-5H2,1H3/t7-,8-/m1/s1. The number of carbonyl (C=O) groups excluding carboxylic acids is 1. The summed E-state index contributed by atoms with van der Waals surface area (Å²) in [6, 6.07) is -0.205. The minimum Gasteiger partial charge on any atom is -0.336 e. The maximum Gasteiger partial charge on any atom is 0.219 e. The molecule has 6 heteroatoms. The van der Waals surface area contributed by atoms with E-state index in [1.165, 1.54) is 6.92 Å². The van der Waals surface area contributed by atoms with Crippen LogP contribution in [0.4, 0.5) is 0 Å². The van der Waals surface area contributed by atoms with Crippen molar-refractivity contribution in [2.24, 2.45) is 0 Å². The van der Waals surface area contributed by atoms with E-state index in [1.807, 2.05) is 0 Å². The minimum absolute atomic E-state index is 0.0291. The minimum atomic E-state index is -2.95. The highest BCUT2D eigenvalue weighted by Crippen LogP contribution is 2.21. The van der Waals surface area contributed by atoms with Crippen LogP contribution in [0.5, 0.6) is 0 Å². The quantitative estimate of drug-likeness (QED) is 0.543. The molecule has 0 unspecified atom stereocenters. The van der Waals surface area contributed by atoms with E-state index in [4.69, 9.17) is 0 Å². The van der Waals surface area contributed by atoms with Gasteiger partial charge in [-0.3, -0.25) is 4.79 Å². The number of piperazine rings is 1. The van der Waals surface area contributed by atoms with Crippen LogP contribution in [0.2, 0.25) is 0 Å². The van der Waals surface area contributed by atoms with Gasteiger partial charge in [0, 0.05) is 26.1 Å². The molecule has 2 rings (SSSR count). The molecular formula is C8H14N2O3S. The van der Waals surface area contributed by atoms with Crippen LogP contribution in [-0.4, -0.2) is 55.9 Å². The van der Waals surface area contributed by atoms with E-state index in [0.29, 0.717) is 13.1 Å². The predicted molar refractivity (Wildman–Crippen MR) is 51.6 cm³/mol. The summed E-state index contributed by atoms with van der Waals surface area (Å²) in [4.78, 5) is 12.9. The van der Waals surface area contributed by atoms with Crippen LogP contribution in [-0.2, 0) is 14.6 Å². The monoisotopic (exact) mass is 218 g/mol. The lowest BCUT2D eigenvalue weighted by Crippen LogP contribution is -2.58. The highest BCUT2D eigenvalue weighted by molar-refractivity contribution is 7.91. The van der Waals surface area contributed by atoms with Gasteiger partial charge in [0.15, 0.2) is 9.84 Å². The third-order valence-corrected chi connectivity index (χ3v) is 4.60. The van der Waals surface area contributed by atoms with E-state index in [2.05, 4.69) is 5.32 Å². The van der Waals surface area contributed by atoms with E-state index >= 15 is 0 Å². The Balaban J connectivity index is 2.22. The normalized spacial score (nSPS) is 35.4. The van der Waals surface area contributed by atoms with E-state index in [9.17, 15) is 13.2 Å². The Morgan fingerprint density at radius 1 is 1.43 bits per heavy atom. The number of nitrogens with one attached hydrogen (secondary N) is 1. The molecule has 2 heterocycles. The fourth-order valence-electron chi connectivity index (χ4n) is 2.26. The van der Waals surface area contributed by atoms with Crippen molar-refractivity contribution in [2.75, 3.05) is 24.6 Å². The number of rotatable bonds is 0. The molecule has 1 N–H and O–H groups in total. The first-order valence-electron chi connectivity index (χ1n) is 4.70. The summed E-state index contributed by atoms with van der Waals surface area (Å²) < 4.78 is 22.8. The van der Waals surface area contributed by atoms with Gasteiger partial charge >= 0.3 is 0 Å². The van der Waals surface area contributed by atoms with Crippen LogP contribution in [0, 0.1) is 0 Å². The zero-order chi connectivity index (χ0) is 10.3. The summed E-state index contributed by atoms with van der Waals surface area (Å²) in [5.41, 5.74) is 0. The maximum atomic E-state index is 11.4. The van der Waals surface area contributed by atoms with Crippen LogP contribution in [0.3, 0.4) is 0 Å². The van der Waals surface area contributed by atoms with Gasteiger partial charge in [0.05, 0.1) is 17.5 Å². The van der Waals surface area contributed by atoms with Crippen molar-refractivity contribution in [3.05, 3.63) is 0 Å². The smallest absolute Gasteiger partial charge is 0.219 e. The molecule has 0 spiro atoms. The highest BCUT2D eigenvalue weighted by Gasteiger charge is 2.43. The Hall–Kier alpha value is -0.620. The Labute approximate surface area is 83.4 Å². The molecule has 1 amide bonds. The number of nitrogens with zero attached hydrogens (tertiary/aromatic N) is 1. The molecule has 0 aromatic carbocycles. The lowest BCUT2D eigenvalue weighted by Gasteiger charge is -2.36. The molecule has 0 aromatic heterocycles. The van der Waals surface area contributed by atoms with Gasteiger partial charge in [-0.25, -0.2) is 8.42 Å². The molecule has 5 nitrogen and oxygen atoms in total. The van der Waals surface area contributed by atoms with Crippen molar-refractivity contribution in [2.45, 2.75) is 19.0 Å². The number of carbonyl (C=O) groups is 1. The molecule has 2 fully saturated rings. The molecule has 2 aliphatic rings. The van der Waals surface area contributed by atoms with E-state index in [1.54, 1.807) is 4.90 Å². The van der Waals surface area contributed by atoms with E-state index in [0.717, 1.165) is 0 Å². The molecule has 2 aliphatic heterocycles. The van der Waals surface area contributed by atoms with Crippen LogP contribution in [0.25, 0.3) is 0 Å². The maximum absolute atomic E-state index is 11.4. The molecular weight excluding hydrogens is 204 g/mol. The number of hydrogen-bond acceptors (Lipinski definition) is 4. The highest BCUT2D eigenvalue weighted by atomic mass is 32.2. The zero-order valence-electron chi connectivity index (χ0n) is 8.06. The van der Waals surface area contributed by atoms with Crippen LogP contribution < -0.4 is 5.32 Å². The summed E-state index contributed by atoms with van der Waals surface area (Å²) in [5.74, 6) is 0.254. The van der Waals surface area contributed by atoms with Crippen LogP contribution >= 0.6 is 0 Å². The fourth-order valence-corrected chi connectivity index (χ4v) is 4.21. The Bertz CT molecular complexity index is 352.